The van der Waals surface area contributed by atoms with Gasteiger partial charge < -0.3 is 10.1 Å². The van der Waals surface area contributed by atoms with Gasteiger partial charge in [0.15, 0.2) is 0 Å². The Kier molecular flexibility index (Phi) is 10.3. The Morgan fingerprint density at radius 3 is 2.15 bits per heavy atom. The fraction of sp³-hybridized carbons (Fsp3) is 0.750. The third kappa shape index (κ3) is 8.76. The first-order valence-electron chi connectivity index (χ1n) is 13.0. The van der Waals surface area contributed by atoms with E-state index in [2.05, 4.69) is 81.7 Å². The van der Waals surface area contributed by atoms with Crippen molar-refractivity contribution in [1.82, 2.24) is 10.2 Å². The second kappa shape index (κ2) is 12.5. The standard InChI is InChI=1S/C28H46N2O2S2/c1-27(2,3)21-17-22(28(4,5)6)19-23(18-21)34-25-10-8-7-9-24(25)33-20-26(31)29-11-12-30-13-15-32-16-14-30/h17-19,24-25H,7-16,20H2,1-6H3,(H,29,31). The molecular weight excluding hydrogens is 460 g/mol. The number of carbonyl (C=O) groups excluding carboxylic acids is 1. The monoisotopic (exact) mass is 506 g/mol. The predicted molar refractivity (Wildman–Crippen MR) is 148 cm³/mol. The van der Waals surface area contributed by atoms with E-state index in [0.717, 1.165) is 39.4 Å². The molecule has 1 saturated carbocycles. The number of hydrogen-bond acceptors (Lipinski definition) is 5. The maximum Gasteiger partial charge on any atom is 0.230 e. The van der Waals surface area contributed by atoms with Gasteiger partial charge >= 0.3 is 0 Å². The van der Waals surface area contributed by atoms with E-state index in [1.54, 1.807) is 0 Å². The minimum atomic E-state index is 0.136. The molecular formula is C28H46N2O2S2. The van der Waals surface area contributed by atoms with Crippen LogP contribution in [0.25, 0.3) is 0 Å². The highest BCUT2D eigenvalue weighted by Gasteiger charge is 2.28. The van der Waals surface area contributed by atoms with Crippen molar-refractivity contribution in [3.63, 3.8) is 0 Å². The number of morpholine rings is 1. The number of carbonyl (C=O) groups is 1. The lowest BCUT2D eigenvalue weighted by atomic mass is 9.81. The highest BCUT2D eigenvalue weighted by Crippen LogP contribution is 2.41. The van der Waals surface area contributed by atoms with E-state index in [1.165, 1.54) is 41.7 Å². The molecule has 2 unspecified atom stereocenters. The fourth-order valence-corrected chi connectivity index (χ4v) is 7.37. The van der Waals surface area contributed by atoms with Crippen molar-refractivity contribution in [3.8, 4) is 0 Å². The molecule has 1 aromatic carbocycles. The van der Waals surface area contributed by atoms with Crippen molar-refractivity contribution >= 4 is 29.4 Å². The molecule has 0 bridgehead atoms. The average Bonchev–Trinajstić information content (AvgIpc) is 2.78. The Bertz CT molecular complexity index is 762. The molecule has 2 fully saturated rings. The summed E-state index contributed by atoms with van der Waals surface area (Å²) in [5, 5.41) is 4.25. The van der Waals surface area contributed by atoms with Crippen molar-refractivity contribution < 1.29 is 9.53 Å². The average molecular weight is 507 g/mol. The molecule has 2 atom stereocenters. The first kappa shape index (κ1) is 27.9. The molecule has 2 aliphatic rings. The topological polar surface area (TPSA) is 41.6 Å². The van der Waals surface area contributed by atoms with Crippen LogP contribution in [0, 0.1) is 0 Å². The molecule has 4 nitrogen and oxygen atoms in total. The van der Waals surface area contributed by atoms with Crippen LogP contribution in [0.3, 0.4) is 0 Å². The lowest BCUT2D eigenvalue weighted by molar-refractivity contribution is -0.118. The van der Waals surface area contributed by atoms with Gasteiger partial charge in [-0.05, 0) is 46.9 Å². The number of benzene rings is 1. The Morgan fingerprint density at radius 2 is 1.56 bits per heavy atom. The number of hydrogen-bond donors (Lipinski definition) is 1. The van der Waals surface area contributed by atoms with E-state index < -0.39 is 0 Å². The van der Waals surface area contributed by atoms with E-state index in [1.807, 2.05) is 11.8 Å². The predicted octanol–water partition coefficient (Wildman–Crippen LogP) is 5.87. The van der Waals surface area contributed by atoms with Crippen LogP contribution >= 0.6 is 23.5 Å². The Labute approximate surface area is 216 Å². The molecule has 3 rings (SSSR count). The molecule has 1 aromatic rings. The van der Waals surface area contributed by atoms with Gasteiger partial charge in [0.2, 0.25) is 5.91 Å². The summed E-state index contributed by atoms with van der Waals surface area (Å²) in [6.07, 6.45) is 5.04. The molecule has 0 spiro atoms. The highest BCUT2D eigenvalue weighted by molar-refractivity contribution is 8.04. The minimum Gasteiger partial charge on any atom is -0.379 e. The smallest absolute Gasteiger partial charge is 0.230 e. The number of nitrogens with one attached hydrogen (secondary N) is 1. The van der Waals surface area contributed by atoms with Gasteiger partial charge in [-0.25, -0.2) is 0 Å². The molecule has 0 aromatic heterocycles. The van der Waals surface area contributed by atoms with Gasteiger partial charge in [-0.3, -0.25) is 9.69 Å². The van der Waals surface area contributed by atoms with Crippen LogP contribution in [0.2, 0.25) is 0 Å². The van der Waals surface area contributed by atoms with Crippen LogP contribution in [-0.4, -0.2) is 66.5 Å². The zero-order valence-electron chi connectivity index (χ0n) is 22.2. The summed E-state index contributed by atoms with van der Waals surface area (Å²) in [6.45, 7) is 19.0. The molecule has 1 amide bonds. The van der Waals surface area contributed by atoms with Crippen LogP contribution in [0.1, 0.15) is 78.4 Å². The van der Waals surface area contributed by atoms with Gasteiger partial charge in [-0.15, -0.1) is 23.5 Å². The first-order valence-corrected chi connectivity index (χ1v) is 15.0. The van der Waals surface area contributed by atoms with Crippen molar-refractivity contribution in [1.29, 1.82) is 0 Å². The van der Waals surface area contributed by atoms with Crippen molar-refractivity contribution in [2.45, 2.75) is 93.5 Å². The Balaban J connectivity index is 1.56. The van der Waals surface area contributed by atoms with Gasteiger partial charge in [0.25, 0.3) is 0 Å². The van der Waals surface area contributed by atoms with Gasteiger partial charge in [-0.1, -0.05) is 60.5 Å². The summed E-state index contributed by atoms with van der Waals surface area (Å²) in [4.78, 5) is 16.3. The number of nitrogens with zero attached hydrogens (tertiary/aromatic N) is 1. The maximum atomic E-state index is 12.5. The molecule has 1 N–H and O–H groups in total. The van der Waals surface area contributed by atoms with Crippen molar-refractivity contribution in [3.05, 3.63) is 29.3 Å². The molecule has 192 valence electrons. The zero-order chi connectivity index (χ0) is 24.8. The Hall–Kier alpha value is -0.690. The summed E-state index contributed by atoms with van der Waals surface area (Å²) < 4.78 is 5.40. The summed E-state index contributed by atoms with van der Waals surface area (Å²) >= 11 is 3.92. The minimum absolute atomic E-state index is 0.136. The summed E-state index contributed by atoms with van der Waals surface area (Å²) in [6, 6.07) is 7.22. The lowest BCUT2D eigenvalue weighted by Crippen LogP contribution is -2.41. The van der Waals surface area contributed by atoms with Crippen LogP contribution in [0.4, 0.5) is 0 Å². The second-order valence-corrected chi connectivity index (χ2v) is 14.4. The molecule has 6 heteroatoms. The van der Waals surface area contributed by atoms with E-state index in [0.29, 0.717) is 16.3 Å². The molecule has 0 radical (unpaired) electrons. The summed E-state index contributed by atoms with van der Waals surface area (Å²) in [7, 11) is 0. The van der Waals surface area contributed by atoms with Crippen LogP contribution in [-0.2, 0) is 20.4 Å². The summed E-state index contributed by atoms with van der Waals surface area (Å²) in [5.74, 6) is 0.748. The third-order valence-electron chi connectivity index (χ3n) is 6.85. The van der Waals surface area contributed by atoms with E-state index in [-0.39, 0.29) is 16.7 Å². The van der Waals surface area contributed by atoms with Crippen LogP contribution in [0.5, 0.6) is 0 Å². The van der Waals surface area contributed by atoms with Gasteiger partial charge in [-0.2, -0.15) is 0 Å². The molecule has 1 aliphatic carbocycles. The van der Waals surface area contributed by atoms with Crippen LogP contribution in [0.15, 0.2) is 23.1 Å². The van der Waals surface area contributed by atoms with Crippen molar-refractivity contribution in [2.24, 2.45) is 0 Å². The normalized spacial score (nSPS) is 22.5. The lowest BCUT2D eigenvalue weighted by Gasteiger charge is -2.32. The van der Waals surface area contributed by atoms with Crippen LogP contribution < -0.4 is 5.32 Å². The van der Waals surface area contributed by atoms with Gasteiger partial charge in [0, 0.05) is 41.6 Å². The van der Waals surface area contributed by atoms with E-state index in [9.17, 15) is 4.79 Å². The number of thioether (sulfide) groups is 2. The molecule has 1 aliphatic heterocycles. The maximum absolute atomic E-state index is 12.5. The molecule has 1 heterocycles. The zero-order valence-corrected chi connectivity index (χ0v) is 23.9. The fourth-order valence-electron chi connectivity index (χ4n) is 4.51. The number of rotatable bonds is 8. The third-order valence-corrected chi connectivity index (χ3v) is 9.82. The quantitative estimate of drug-likeness (QED) is 0.478. The second-order valence-electron chi connectivity index (χ2n) is 11.8. The molecule has 34 heavy (non-hydrogen) atoms. The van der Waals surface area contributed by atoms with Gasteiger partial charge in [0.05, 0.1) is 19.0 Å². The van der Waals surface area contributed by atoms with Crippen molar-refractivity contribution in [2.75, 3.05) is 45.1 Å². The van der Waals surface area contributed by atoms with E-state index in [4.69, 9.17) is 4.74 Å². The number of ether oxygens (including phenoxy) is 1. The van der Waals surface area contributed by atoms with E-state index >= 15 is 0 Å². The SMILES string of the molecule is CC(C)(C)c1cc(SC2CCCCC2SCC(=O)NCCN2CCOCC2)cc(C(C)(C)C)c1. The van der Waals surface area contributed by atoms with Gasteiger partial charge in [0.1, 0.15) is 0 Å². The Morgan fingerprint density at radius 1 is 0.971 bits per heavy atom. The first-order chi connectivity index (χ1) is 16.0. The largest absolute Gasteiger partial charge is 0.379 e. The highest BCUT2D eigenvalue weighted by atomic mass is 32.2. The summed E-state index contributed by atoms with van der Waals surface area (Å²) in [5.41, 5.74) is 3.11. The number of amides is 1. The molecule has 1 saturated heterocycles.